The SMILES string of the molecule is CC(C(=O)NC1CCCCC1)N(Cc1ccccc1Cl)C(=O)CN(c1ccc2c(c1)OCCO2)S(C)(=O)=O. The van der Waals surface area contributed by atoms with Gasteiger partial charge in [-0.3, -0.25) is 13.9 Å². The van der Waals surface area contributed by atoms with Crippen LogP contribution in [0.4, 0.5) is 5.69 Å². The first kappa shape index (κ1) is 28.0. The maximum atomic E-state index is 13.8. The highest BCUT2D eigenvalue weighted by molar-refractivity contribution is 7.92. The van der Waals surface area contributed by atoms with Gasteiger partial charge in [0.25, 0.3) is 0 Å². The molecule has 0 bridgehead atoms. The molecule has 206 valence electrons. The standard InChI is InChI=1S/C27H34ClN3O6S/c1-19(27(33)29-21-9-4-3-5-10-21)30(17-20-8-6-7-11-23(20)28)26(32)18-31(38(2,34)35)22-12-13-24-25(16-22)37-15-14-36-24/h6-8,11-13,16,19,21H,3-5,9-10,14-15,17-18H2,1-2H3,(H,29,33). The number of benzene rings is 2. The molecule has 0 aromatic heterocycles. The van der Waals surface area contributed by atoms with E-state index in [1.54, 1.807) is 49.4 Å². The van der Waals surface area contributed by atoms with Gasteiger partial charge in [0.05, 0.1) is 11.9 Å². The lowest BCUT2D eigenvalue weighted by atomic mass is 9.95. The molecule has 0 radical (unpaired) electrons. The van der Waals surface area contributed by atoms with Crippen molar-refractivity contribution in [3.8, 4) is 11.5 Å². The van der Waals surface area contributed by atoms with Crippen molar-refractivity contribution in [2.45, 2.75) is 57.7 Å². The Morgan fingerprint density at radius 3 is 2.42 bits per heavy atom. The minimum Gasteiger partial charge on any atom is -0.486 e. The molecule has 1 unspecified atom stereocenters. The fraction of sp³-hybridized carbons (Fsp3) is 0.481. The van der Waals surface area contributed by atoms with Gasteiger partial charge in [0, 0.05) is 23.7 Å². The Morgan fingerprint density at radius 1 is 1.05 bits per heavy atom. The highest BCUT2D eigenvalue weighted by atomic mass is 35.5. The summed E-state index contributed by atoms with van der Waals surface area (Å²) in [5.41, 5.74) is 0.923. The van der Waals surface area contributed by atoms with E-state index in [9.17, 15) is 18.0 Å². The van der Waals surface area contributed by atoms with Gasteiger partial charge in [0.2, 0.25) is 21.8 Å². The highest BCUT2D eigenvalue weighted by Gasteiger charge is 2.32. The largest absolute Gasteiger partial charge is 0.486 e. The first-order chi connectivity index (χ1) is 18.1. The van der Waals surface area contributed by atoms with Crippen molar-refractivity contribution in [1.29, 1.82) is 0 Å². The Kier molecular flexibility index (Phi) is 9.04. The van der Waals surface area contributed by atoms with Crippen LogP contribution < -0.4 is 19.1 Å². The number of nitrogens with one attached hydrogen (secondary N) is 1. The van der Waals surface area contributed by atoms with Crippen LogP contribution in [-0.4, -0.2) is 63.2 Å². The third-order valence-electron chi connectivity index (χ3n) is 6.91. The van der Waals surface area contributed by atoms with Gasteiger partial charge in [-0.05, 0) is 43.5 Å². The molecular formula is C27H34ClN3O6S. The fourth-order valence-electron chi connectivity index (χ4n) is 4.76. The minimum atomic E-state index is -3.86. The summed E-state index contributed by atoms with van der Waals surface area (Å²) < 4.78 is 37.8. The summed E-state index contributed by atoms with van der Waals surface area (Å²) in [6.07, 6.45) is 6.11. The van der Waals surface area contributed by atoms with Gasteiger partial charge >= 0.3 is 0 Å². The predicted molar refractivity (Wildman–Crippen MR) is 146 cm³/mol. The number of fused-ring (bicyclic) bond motifs is 1. The van der Waals surface area contributed by atoms with E-state index in [1.165, 1.54) is 4.90 Å². The number of halogens is 1. The Balaban J connectivity index is 1.60. The Hall–Kier alpha value is -2.98. The molecule has 38 heavy (non-hydrogen) atoms. The van der Waals surface area contributed by atoms with Gasteiger partial charge in [-0.25, -0.2) is 8.42 Å². The van der Waals surface area contributed by atoms with E-state index in [2.05, 4.69) is 5.32 Å². The molecule has 1 heterocycles. The zero-order valence-electron chi connectivity index (χ0n) is 21.7. The lowest BCUT2D eigenvalue weighted by molar-refractivity contribution is -0.139. The summed E-state index contributed by atoms with van der Waals surface area (Å²) in [5, 5.41) is 3.53. The zero-order chi connectivity index (χ0) is 27.3. The summed E-state index contributed by atoms with van der Waals surface area (Å²) in [5.74, 6) is 0.107. The molecule has 2 amide bonds. The lowest BCUT2D eigenvalue weighted by Gasteiger charge is -2.33. The summed E-state index contributed by atoms with van der Waals surface area (Å²) in [6.45, 7) is 1.95. The van der Waals surface area contributed by atoms with Gasteiger partial charge < -0.3 is 19.7 Å². The average Bonchev–Trinajstić information content (AvgIpc) is 2.90. The number of carbonyl (C=O) groups excluding carboxylic acids is 2. The quantitative estimate of drug-likeness (QED) is 0.498. The van der Waals surface area contributed by atoms with Crippen molar-refractivity contribution in [3.05, 3.63) is 53.1 Å². The van der Waals surface area contributed by atoms with Crippen molar-refractivity contribution in [2.75, 3.05) is 30.3 Å². The van der Waals surface area contributed by atoms with Crippen molar-refractivity contribution in [2.24, 2.45) is 0 Å². The van der Waals surface area contributed by atoms with E-state index in [0.29, 0.717) is 35.3 Å². The Labute approximate surface area is 229 Å². The molecule has 1 fully saturated rings. The molecule has 0 saturated heterocycles. The molecule has 11 heteroatoms. The Bertz CT molecular complexity index is 1270. The molecule has 0 spiro atoms. The molecule has 4 rings (SSSR count). The van der Waals surface area contributed by atoms with Crippen LogP contribution in [0.25, 0.3) is 0 Å². The molecule has 1 aliphatic carbocycles. The molecule has 2 aromatic carbocycles. The number of nitrogens with zero attached hydrogens (tertiary/aromatic N) is 2. The van der Waals surface area contributed by atoms with E-state index in [0.717, 1.165) is 42.7 Å². The smallest absolute Gasteiger partial charge is 0.244 e. The van der Waals surface area contributed by atoms with E-state index in [4.69, 9.17) is 21.1 Å². The maximum absolute atomic E-state index is 13.8. The molecule has 1 N–H and O–H groups in total. The van der Waals surface area contributed by atoms with Crippen LogP contribution in [0.5, 0.6) is 11.5 Å². The number of hydrogen-bond acceptors (Lipinski definition) is 6. The number of hydrogen-bond donors (Lipinski definition) is 1. The normalized spacial score (nSPS) is 16.4. The highest BCUT2D eigenvalue weighted by Crippen LogP contribution is 2.35. The summed E-state index contributed by atoms with van der Waals surface area (Å²) in [4.78, 5) is 28.4. The second-order valence-corrected chi connectivity index (χ2v) is 12.0. The van der Waals surface area contributed by atoms with Crippen molar-refractivity contribution in [3.63, 3.8) is 0 Å². The maximum Gasteiger partial charge on any atom is 0.244 e. The van der Waals surface area contributed by atoms with Crippen LogP contribution in [0.3, 0.4) is 0 Å². The van der Waals surface area contributed by atoms with Crippen molar-refractivity contribution < 1.29 is 27.5 Å². The van der Waals surface area contributed by atoms with Gasteiger partial charge in [-0.2, -0.15) is 0 Å². The molecule has 9 nitrogen and oxygen atoms in total. The van der Waals surface area contributed by atoms with Crippen LogP contribution in [0, 0.1) is 0 Å². The van der Waals surface area contributed by atoms with Gasteiger partial charge in [-0.1, -0.05) is 49.1 Å². The molecule has 1 atom stereocenters. The van der Waals surface area contributed by atoms with Crippen LogP contribution in [0.2, 0.25) is 5.02 Å². The molecule has 1 aliphatic heterocycles. The minimum absolute atomic E-state index is 0.0521. The van der Waals surface area contributed by atoms with Crippen LogP contribution in [0.1, 0.15) is 44.6 Å². The second-order valence-electron chi connectivity index (χ2n) is 9.73. The van der Waals surface area contributed by atoms with Crippen LogP contribution in [-0.2, 0) is 26.2 Å². The van der Waals surface area contributed by atoms with Crippen LogP contribution in [0.15, 0.2) is 42.5 Å². The van der Waals surface area contributed by atoms with Gasteiger partial charge in [-0.15, -0.1) is 0 Å². The van der Waals surface area contributed by atoms with E-state index < -0.39 is 28.5 Å². The third-order valence-corrected chi connectivity index (χ3v) is 8.42. The van der Waals surface area contributed by atoms with Gasteiger partial charge in [0.15, 0.2) is 11.5 Å². The van der Waals surface area contributed by atoms with Crippen LogP contribution >= 0.6 is 11.6 Å². The topological polar surface area (TPSA) is 105 Å². The Morgan fingerprint density at radius 2 is 1.74 bits per heavy atom. The zero-order valence-corrected chi connectivity index (χ0v) is 23.3. The average molecular weight is 564 g/mol. The number of ether oxygens (including phenoxy) is 2. The predicted octanol–water partition coefficient (Wildman–Crippen LogP) is 3.74. The van der Waals surface area contributed by atoms with E-state index in [1.807, 2.05) is 0 Å². The van der Waals surface area contributed by atoms with E-state index in [-0.39, 0.29) is 24.2 Å². The first-order valence-corrected chi connectivity index (χ1v) is 15.1. The number of carbonyl (C=O) groups is 2. The summed E-state index contributed by atoms with van der Waals surface area (Å²) in [7, 11) is -3.86. The fourth-order valence-corrected chi connectivity index (χ4v) is 5.80. The van der Waals surface area contributed by atoms with Crippen molar-refractivity contribution >= 4 is 39.1 Å². The van der Waals surface area contributed by atoms with Crippen molar-refractivity contribution in [1.82, 2.24) is 10.2 Å². The summed E-state index contributed by atoms with van der Waals surface area (Å²) >= 11 is 6.38. The summed E-state index contributed by atoms with van der Waals surface area (Å²) in [6, 6.07) is 11.0. The third kappa shape index (κ3) is 6.91. The van der Waals surface area contributed by atoms with Gasteiger partial charge in [0.1, 0.15) is 25.8 Å². The number of sulfonamides is 1. The lowest BCUT2D eigenvalue weighted by Crippen LogP contribution is -2.53. The molecular weight excluding hydrogens is 530 g/mol. The first-order valence-electron chi connectivity index (χ1n) is 12.8. The molecule has 1 saturated carbocycles. The van der Waals surface area contributed by atoms with E-state index >= 15 is 0 Å². The number of anilines is 1. The second kappa shape index (κ2) is 12.3. The monoisotopic (exact) mass is 563 g/mol. The number of amides is 2. The number of rotatable bonds is 9. The molecule has 2 aliphatic rings. The molecule has 2 aromatic rings.